The zero-order valence-corrected chi connectivity index (χ0v) is 17.4. The van der Waals surface area contributed by atoms with E-state index in [0.717, 1.165) is 48.9 Å². The van der Waals surface area contributed by atoms with E-state index >= 15 is 0 Å². The van der Waals surface area contributed by atoms with Gasteiger partial charge in [-0.15, -0.1) is 0 Å². The van der Waals surface area contributed by atoms with Crippen molar-refractivity contribution in [1.82, 2.24) is 5.32 Å². The average molecular weight is 427 g/mol. The van der Waals surface area contributed by atoms with Crippen molar-refractivity contribution in [2.45, 2.75) is 63.4 Å². The summed E-state index contributed by atoms with van der Waals surface area (Å²) in [7, 11) is 1.75. The zero-order valence-electron chi connectivity index (χ0n) is 16.6. The second kappa shape index (κ2) is 7.23. The maximum atomic E-state index is 12.5. The predicted molar refractivity (Wildman–Crippen MR) is 109 cm³/mol. The van der Waals surface area contributed by atoms with Gasteiger partial charge in [-0.05, 0) is 56.7 Å². The highest BCUT2D eigenvalue weighted by atomic mass is 32.1. The summed E-state index contributed by atoms with van der Waals surface area (Å²) in [4.78, 5) is 5.65. The predicted octanol–water partition coefficient (Wildman–Crippen LogP) is 4.69. The third kappa shape index (κ3) is 3.54. The fourth-order valence-corrected chi connectivity index (χ4v) is 5.27. The van der Waals surface area contributed by atoms with Crippen molar-refractivity contribution >= 4 is 22.9 Å². The van der Waals surface area contributed by atoms with E-state index in [-0.39, 0.29) is 11.5 Å². The number of benzene rings is 1. The van der Waals surface area contributed by atoms with Crippen LogP contribution in [0, 0.1) is 5.41 Å². The van der Waals surface area contributed by atoms with E-state index in [1.54, 1.807) is 13.2 Å². The molecule has 0 amide bonds. The van der Waals surface area contributed by atoms with Crippen LogP contribution >= 0.6 is 12.2 Å². The molecule has 0 radical (unpaired) electrons. The van der Waals surface area contributed by atoms with Crippen molar-refractivity contribution in [3.05, 3.63) is 29.3 Å². The molecule has 1 unspecified atom stereocenters. The lowest BCUT2D eigenvalue weighted by atomic mass is 9.65. The number of aliphatic imine (C=N–C) groups is 1. The Labute approximate surface area is 173 Å². The lowest BCUT2D eigenvalue weighted by Crippen LogP contribution is -2.52. The number of nitrogens with zero attached hydrogens (tertiary/aromatic N) is 1. The second-order valence-corrected chi connectivity index (χ2v) is 8.69. The van der Waals surface area contributed by atoms with Crippen molar-refractivity contribution in [3.8, 4) is 5.75 Å². The molecule has 0 bridgehead atoms. The molecule has 1 saturated carbocycles. The van der Waals surface area contributed by atoms with E-state index in [1.165, 1.54) is 0 Å². The summed E-state index contributed by atoms with van der Waals surface area (Å²) in [6.45, 7) is 1.50. The highest BCUT2D eigenvalue weighted by Gasteiger charge is 2.61. The molecule has 1 aliphatic heterocycles. The molecule has 0 saturated heterocycles. The molecule has 29 heavy (non-hydrogen) atoms. The first-order valence-electron chi connectivity index (χ1n) is 9.93. The van der Waals surface area contributed by atoms with Gasteiger partial charge in [-0.2, -0.15) is 13.2 Å². The first-order valence-corrected chi connectivity index (χ1v) is 10.3. The van der Waals surface area contributed by atoms with Gasteiger partial charge in [-0.25, -0.2) is 0 Å². The van der Waals surface area contributed by atoms with E-state index in [1.807, 2.05) is 19.1 Å². The van der Waals surface area contributed by atoms with Crippen LogP contribution < -0.4 is 10.1 Å². The van der Waals surface area contributed by atoms with Gasteiger partial charge in [0.25, 0.3) is 0 Å². The monoisotopic (exact) mass is 426 g/mol. The summed E-state index contributed by atoms with van der Waals surface area (Å²) < 4.78 is 48.4. The van der Waals surface area contributed by atoms with E-state index in [2.05, 4.69) is 5.32 Å². The Balaban J connectivity index is 1.67. The van der Waals surface area contributed by atoms with Crippen molar-refractivity contribution < 1.29 is 22.6 Å². The van der Waals surface area contributed by atoms with Crippen LogP contribution in [0.4, 0.5) is 13.2 Å². The van der Waals surface area contributed by atoms with Crippen LogP contribution in [0.2, 0.25) is 0 Å². The molecule has 1 atom stereocenters. The molecule has 1 aromatic carbocycles. The van der Waals surface area contributed by atoms with Gasteiger partial charge in [0.2, 0.25) is 0 Å². The minimum absolute atomic E-state index is 0.128. The molecular formula is C21H25F3N2O2S. The van der Waals surface area contributed by atoms with Crippen LogP contribution in [-0.2, 0) is 16.8 Å². The van der Waals surface area contributed by atoms with Gasteiger partial charge in [0.1, 0.15) is 10.7 Å². The lowest BCUT2D eigenvalue weighted by molar-refractivity contribution is -0.139. The summed E-state index contributed by atoms with van der Waals surface area (Å²) in [5, 5.41) is 3.49. The summed E-state index contributed by atoms with van der Waals surface area (Å²) in [6, 6.07) is 5.57. The van der Waals surface area contributed by atoms with Crippen molar-refractivity contribution in [2.24, 2.45) is 10.4 Å². The maximum Gasteiger partial charge on any atom is 0.392 e. The van der Waals surface area contributed by atoms with E-state index in [9.17, 15) is 13.2 Å². The molecule has 1 aromatic rings. The van der Waals surface area contributed by atoms with Crippen LogP contribution in [-0.4, -0.2) is 36.7 Å². The molecular weight excluding hydrogens is 401 g/mol. The molecule has 4 nitrogen and oxygen atoms in total. The Morgan fingerprint density at radius 1 is 1.28 bits per heavy atom. The fourth-order valence-electron chi connectivity index (χ4n) is 5.08. The second-order valence-electron chi connectivity index (χ2n) is 8.29. The minimum Gasteiger partial charge on any atom is -0.493 e. The Morgan fingerprint density at radius 2 is 2.00 bits per heavy atom. The van der Waals surface area contributed by atoms with E-state index < -0.39 is 24.9 Å². The number of rotatable bonds is 4. The molecule has 8 heteroatoms. The van der Waals surface area contributed by atoms with Crippen molar-refractivity contribution in [2.75, 3.05) is 13.7 Å². The molecule has 1 heterocycles. The molecule has 3 aliphatic rings. The first-order chi connectivity index (χ1) is 13.7. The van der Waals surface area contributed by atoms with Gasteiger partial charge in [0.15, 0.2) is 5.66 Å². The van der Waals surface area contributed by atoms with E-state index in [0.29, 0.717) is 10.7 Å². The van der Waals surface area contributed by atoms with Crippen molar-refractivity contribution in [3.63, 3.8) is 0 Å². The Hall–Kier alpha value is -1.67. The topological polar surface area (TPSA) is 42.9 Å². The number of ether oxygens (including phenoxy) is 2. The Bertz CT molecular complexity index is 847. The molecule has 2 spiro atoms. The van der Waals surface area contributed by atoms with Gasteiger partial charge in [-0.1, -0.05) is 18.3 Å². The van der Waals surface area contributed by atoms with Gasteiger partial charge >= 0.3 is 6.18 Å². The normalized spacial score (nSPS) is 31.1. The summed E-state index contributed by atoms with van der Waals surface area (Å²) in [5.41, 5.74) is 2.11. The number of halogens is 3. The fraction of sp³-hybridized carbons (Fsp3) is 0.619. The van der Waals surface area contributed by atoms with Crippen molar-refractivity contribution in [1.29, 1.82) is 0 Å². The van der Waals surface area contributed by atoms with E-state index in [4.69, 9.17) is 26.7 Å². The average Bonchev–Trinajstić information content (AvgIpc) is 3.10. The molecule has 1 fully saturated rings. The largest absolute Gasteiger partial charge is 0.493 e. The quantitative estimate of drug-likeness (QED) is 0.709. The number of thiocarbonyl (C=S) groups is 1. The number of hydrogen-bond donors (Lipinski definition) is 1. The Morgan fingerprint density at radius 3 is 2.59 bits per heavy atom. The summed E-state index contributed by atoms with van der Waals surface area (Å²) in [5.74, 6) is 0.433. The van der Waals surface area contributed by atoms with Gasteiger partial charge in [0.05, 0.1) is 24.8 Å². The number of alkyl halides is 3. The number of fused-ring (bicyclic) bond motifs is 3. The van der Waals surface area contributed by atoms with Gasteiger partial charge in [-0.3, -0.25) is 4.99 Å². The van der Waals surface area contributed by atoms with Crippen LogP contribution in [0.25, 0.3) is 0 Å². The van der Waals surface area contributed by atoms with Crippen LogP contribution in [0.15, 0.2) is 23.2 Å². The molecule has 158 valence electrons. The molecule has 0 aromatic heterocycles. The van der Waals surface area contributed by atoms with Crippen LogP contribution in [0.5, 0.6) is 5.75 Å². The lowest BCUT2D eigenvalue weighted by Gasteiger charge is -2.46. The molecule has 4 rings (SSSR count). The summed E-state index contributed by atoms with van der Waals surface area (Å²) in [6.07, 6.45) is -0.323. The number of hydrogen-bond acceptors (Lipinski definition) is 4. The minimum atomic E-state index is -4.23. The van der Waals surface area contributed by atoms with Gasteiger partial charge < -0.3 is 14.8 Å². The standard InChI is InChI=1S/C21H25F3N2O2S/c1-13-18(29)26-21(25-13)17-11-16(28-10-9-20(22,23)24)4-3-14(17)12-19(21)7-5-15(27-2)6-8-19/h3-4,11,15H,5-10,12H2,1-2H3,(H,26,29)/t15-,19-,21?. The molecule has 2 aliphatic carbocycles. The highest BCUT2D eigenvalue weighted by molar-refractivity contribution is 7.82. The zero-order chi connectivity index (χ0) is 20.9. The van der Waals surface area contributed by atoms with Crippen LogP contribution in [0.1, 0.15) is 50.2 Å². The number of methoxy groups -OCH3 is 1. The first kappa shape index (κ1) is 20.6. The highest BCUT2D eigenvalue weighted by Crippen LogP contribution is 2.60. The van der Waals surface area contributed by atoms with Crippen LogP contribution in [0.3, 0.4) is 0 Å². The maximum absolute atomic E-state index is 12.5. The third-order valence-electron chi connectivity index (χ3n) is 6.60. The third-order valence-corrected chi connectivity index (χ3v) is 7.00. The smallest absolute Gasteiger partial charge is 0.392 e. The SMILES string of the molecule is CO[C@H]1CC[C@]2(CC1)Cc1ccc(OCCC(F)(F)F)cc1C21N=C(C)C(=S)N1. The van der Waals surface area contributed by atoms with Gasteiger partial charge in [0, 0.05) is 18.1 Å². The summed E-state index contributed by atoms with van der Waals surface area (Å²) >= 11 is 5.50. The number of nitrogens with one attached hydrogen (secondary N) is 1. The Kier molecular flexibility index (Phi) is 5.14. The molecule has 1 N–H and O–H groups in total.